The van der Waals surface area contributed by atoms with E-state index in [1.165, 1.54) is 23.7 Å². The van der Waals surface area contributed by atoms with Gasteiger partial charge in [-0.2, -0.15) is 26.3 Å². The number of ether oxygens (including phenoxy) is 2. The molecule has 0 amide bonds. The van der Waals surface area contributed by atoms with Crippen LogP contribution in [0.25, 0.3) is 0 Å². The van der Waals surface area contributed by atoms with Crippen molar-refractivity contribution in [2.75, 3.05) is 31.1 Å². The number of nitro benzene ring substituents is 1. The number of halogens is 6. The van der Waals surface area contributed by atoms with Crippen LogP contribution in [0.15, 0.2) is 36.5 Å². The number of pyridine rings is 1. The number of aromatic nitrogens is 1. The number of hydrogen-bond donors (Lipinski definition) is 0. The highest BCUT2D eigenvalue weighted by molar-refractivity contribution is 7.79. The van der Waals surface area contributed by atoms with Crippen LogP contribution < -0.4 is 9.64 Å². The summed E-state index contributed by atoms with van der Waals surface area (Å²) < 4.78 is 90.0. The maximum Gasteiger partial charge on any atom is 0.433 e. The topological polar surface area (TPSA) is 81.0 Å². The van der Waals surface area contributed by atoms with Crippen LogP contribution in [0.1, 0.15) is 36.9 Å². The minimum Gasteiger partial charge on any atom is -0.490 e. The third kappa shape index (κ3) is 7.37. The van der Waals surface area contributed by atoms with Crippen molar-refractivity contribution in [3.8, 4) is 5.75 Å². The molecule has 218 valence electrons. The number of anilines is 1. The largest absolute Gasteiger partial charge is 0.490 e. The zero-order valence-electron chi connectivity index (χ0n) is 21.0. The lowest BCUT2D eigenvalue weighted by Crippen LogP contribution is -2.52. The number of thiocarbonyl (C=S) groups is 1. The van der Waals surface area contributed by atoms with Crippen molar-refractivity contribution in [2.45, 2.75) is 56.5 Å². The SMILES string of the molecule is O=[N+]([O-])c1ccc(OC2CCC(OC(C=S)N3CCN(c4ccc(C(F)(F)F)nc4)CC3)CC2)cc1C(F)(F)F. The van der Waals surface area contributed by atoms with Gasteiger partial charge in [-0.15, -0.1) is 0 Å². The molecule has 1 aromatic carbocycles. The molecule has 1 saturated carbocycles. The summed E-state index contributed by atoms with van der Waals surface area (Å²) in [4.78, 5) is 17.4. The number of rotatable bonds is 8. The van der Waals surface area contributed by atoms with Crippen molar-refractivity contribution >= 4 is 29.0 Å². The molecule has 1 aliphatic heterocycles. The summed E-state index contributed by atoms with van der Waals surface area (Å²) >= 11 is 5.19. The Morgan fingerprint density at radius 3 is 2.15 bits per heavy atom. The minimum atomic E-state index is -4.89. The Bertz CT molecular complexity index is 1180. The summed E-state index contributed by atoms with van der Waals surface area (Å²) in [6.07, 6.45) is -6.93. The zero-order chi connectivity index (χ0) is 29.1. The summed E-state index contributed by atoms with van der Waals surface area (Å²) in [5, 5.41) is 12.5. The Morgan fingerprint density at radius 1 is 0.975 bits per heavy atom. The molecule has 1 unspecified atom stereocenters. The third-order valence-corrected chi connectivity index (χ3v) is 7.15. The molecule has 2 fully saturated rings. The Labute approximate surface area is 231 Å². The molecule has 2 heterocycles. The van der Waals surface area contributed by atoms with E-state index in [2.05, 4.69) is 4.98 Å². The van der Waals surface area contributed by atoms with Gasteiger partial charge in [-0.25, -0.2) is 4.98 Å². The standard InChI is InChI=1S/C25H26F6N4O4S/c26-24(27,28)20-13-19(6-7-21(20)35(36)37)38-17-2-4-18(5-3-17)39-23(15-40)34-11-9-33(10-12-34)16-1-8-22(32-14-16)25(29,30)31/h1,6-8,13-15,17-18,23H,2-5,9-12H2. The maximum atomic E-state index is 13.3. The van der Waals surface area contributed by atoms with Gasteiger partial charge in [0.05, 0.1) is 29.0 Å². The first-order chi connectivity index (χ1) is 18.8. The van der Waals surface area contributed by atoms with E-state index in [9.17, 15) is 36.5 Å². The molecule has 0 N–H and O–H groups in total. The quantitative estimate of drug-likeness (QED) is 0.163. The fourth-order valence-electron chi connectivity index (χ4n) is 4.83. The fraction of sp³-hybridized carbons (Fsp3) is 0.520. The van der Waals surface area contributed by atoms with E-state index in [0.717, 1.165) is 12.1 Å². The van der Waals surface area contributed by atoms with Crippen molar-refractivity contribution in [1.82, 2.24) is 9.88 Å². The van der Waals surface area contributed by atoms with Gasteiger partial charge in [0.25, 0.3) is 5.69 Å². The Hall–Kier alpha value is -3.04. The highest BCUT2D eigenvalue weighted by Gasteiger charge is 2.39. The summed E-state index contributed by atoms with van der Waals surface area (Å²) in [6.45, 7) is 2.23. The molecule has 0 spiro atoms. The second-order valence-electron chi connectivity index (χ2n) is 9.54. The molecule has 1 atom stereocenters. The van der Waals surface area contributed by atoms with Gasteiger partial charge < -0.3 is 14.4 Å². The van der Waals surface area contributed by atoms with Gasteiger partial charge in [-0.1, -0.05) is 12.2 Å². The molecule has 40 heavy (non-hydrogen) atoms. The van der Waals surface area contributed by atoms with Gasteiger partial charge in [0.1, 0.15) is 23.2 Å². The zero-order valence-corrected chi connectivity index (χ0v) is 21.8. The molecule has 15 heteroatoms. The molecular weight excluding hydrogens is 566 g/mol. The van der Waals surface area contributed by atoms with E-state index >= 15 is 0 Å². The summed E-state index contributed by atoms with van der Waals surface area (Å²) in [5.74, 6) is -0.0832. The molecule has 0 radical (unpaired) electrons. The Kier molecular flexibility index (Phi) is 9.15. The number of alkyl halides is 6. The van der Waals surface area contributed by atoms with Crippen LogP contribution in [0, 0.1) is 10.1 Å². The van der Waals surface area contributed by atoms with Crippen molar-refractivity contribution in [1.29, 1.82) is 0 Å². The predicted octanol–water partition coefficient (Wildman–Crippen LogP) is 5.88. The molecular formula is C25H26F6N4O4S. The van der Waals surface area contributed by atoms with E-state index in [-0.39, 0.29) is 18.0 Å². The smallest absolute Gasteiger partial charge is 0.433 e. The average molecular weight is 593 g/mol. The molecule has 2 aromatic rings. The number of benzene rings is 1. The lowest BCUT2D eigenvalue weighted by atomic mass is 9.95. The average Bonchev–Trinajstić information content (AvgIpc) is 2.92. The first-order valence-corrected chi connectivity index (χ1v) is 13.0. The van der Waals surface area contributed by atoms with Crippen LogP contribution in [0.4, 0.5) is 37.7 Å². The highest BCUT2D eigenvalue weighted by atomic mass is 32.1. The van der Waals surface area contributed by atoms with E-state index < -0.39 is 40.4 Å². The fourth-order valence-corrected chi connectivity index (χ4v) is 5.07. The number of nitro groups is 1. The molecule has 1 aliphatic carbocycles. The highest BCUT2D eigenvalue weighted by Crippen LogP contribution is 2.39. The van der Waals surface area contributed by atoms with Crippen molar-refractivity contribution in [3.63, 3.8) is 0 Å². The van der Waals surface area contributed by atoms with Gasteiger partial charge in [0, 0.05) is 37.6 Å². The number of hydrogen-bond acceptors (Lipinski definition) is 8. The van der Waals surface area contributed by atoms with Crippen molar-refractivity contribution < 1.29 is 40.7 Å². The molecule has 4 rings (SSSR count). The van der Waals surface area contributed by atoms with Gasteiger partial charge in [-0.05, 0) is 49.9 Å². The second-order valence-corrected chi connectivity index (χ2v) is 9.81. The predicted molar refractivity (Wildman–Crippen MR) is 136 cm³/mol. The Morgan fingerprint density at radius 2 is 1.62 bits per heavy atom. The lowest BCUT2D eigenvalue weighted by molar-refractivity contribution is -0.388. The van der Waals surface area contributed by atoms with Gasteiger partial charge in [0.2, 0.25) is 0 Å². The first-order valence-electron chi connectivity index (χ1n) is 12.5. The van der Waals surface area contributed by atoms with Crippen LogP contribution in [-0.4, -0.2) is 64.8 Å². The summed E-state index contributed by atoms with van der Waals surface area (Å²) in [7, 11) is 0. The number of piperazine rings is 1. The van der Waals surface area contributed by atoms with Crippen molar-refractivity contribution in [2.24, 2.45) is 0 Å². The Balaban J connectivity index is 1.26. The van der Waals surface area contributed by atoms with Crippen LogP contribution in [0.2, 0.25) is 0 Å². The summed E-state index contributed by atoms with van der Waals surface area (Å²) in [5.41, 5.74) is -2.73. The van der Waals surface area contributed by atoms with Crippen LogP contribution in [-0.2, 0) is 17.1 Å². The second kappa shape index (κ2) is 12.2. The van der Waals surface area contributed by atoms with Crippen LogP contribution in [0.5, 0.6) is 5.75 Å². The normalized spacial score (nSPS) is 21.6. The van der Waals surface area contributed by atoms with Crippen LogP contribution >= 0.6 is 12.2 Å². The minimum absolute atomic E-state index is 0.0832. The van der Waals surface area contributed by atoms with E-state index in [0.29, 0.717) is 63.6 Å². The molecule has 1 aromatic heterocycles. The molecule has 2 aliphatic rings. The monoisotopic (exact) mass is 592 g/mol. The molecule has 1 saturated heterocycles. The first kappa shape index (κ1) is 29.9. The van der Waals surface area contributed by atoms with Gasteiger partial charge in [0.15, 0.2) is 0 Å². The van der Waals surface area contributed by atoms with E-state index in [1.807, 2.05) is 9.80 Å². The van der Waals surface area contributed by atoms with Crippen LogP contribution in [0.3, 0.4) is 0 Å². The molecule has 0 bridgehead atoms. The van der Waals surface area contributed by atoms with E-state index in [4.69, 9.17) is 21.7 Å². The lowest BCUT2D eigenvalue weighted by Gasteiger charge is -2.40. The van der Waals surface area contributed by atoms with Crippen molar-refractivity contribution in [3.05, 3.63) is 57.9 Å². The van der Waals surface area contributed by atoms with E-state index in [1.54, 1.807) is 0 Å². The van der Waals surface area contributed by atoms with Gasteiger partial charge >= 0.3 is 12.4 Å². The number of nitrogens with zero attached hydrogens (tertiary/aromatic N) is 4. The maximum absolute atomic E-state index is 13.3. The third-order valence-electron chi connectivity index (χ3n) is 6.92. The molecule has 8 nitrogen and oxygen atoms in total. The summed E-state index contributed by atoms with van der Waals surface area (Å²) in [6, 6.07) is 4.98. The van der Waals surface area contributed by atoms with Gasteiger partial charge in [-0.3, -0.25) is 15.0 Å².